The Hall–Kier alpha value is -1.80. The van der Waals surface area contributed by atoms with Gasteiger partial charge in [0, 0.05) is 10.6 Å². The van der Waals surface area contributed by atoms with Crippen LogP contribution in [0.25, 0.3) is 0 Å². The van der Waals surface area contributed by atoms with E-state index >= 15 is 0 Å². The van der Waals surface area contributed by atoms with E-state index in [1.165, 1.54) is 19.2 Å². The highest BCUT2D eigenvalue weighted by atomic mass is 35.5. The molecule has 24 heavy (non-hydrogen) atoms. The second-order valence-electron chi connectivity index (χ2n) is 4.72. The van der Waals surface area contributed by atoms with Crippen LogP contribution in [-0.4, -0.2) is 21.5 Å². The lowest BCUT2D eigenvalue weighted by atomic mass is 10.2. The molecule has 0 amide bonds. The fourth-order valence-electron chi connectivity index (χ4n) is 1.92. The first kappa shape index (κ1) is 18.5. The van der Waals surface area contributed by atoms with E-state index in [-0.39, 0.29) is 22.1 Å². The number of nitrogens with two attached hydrogens (primary N) is 1. The molecule has 128 valence electrons. The maximum absolute atomic E-state index is 12.2. The molecule has 0 atom stereocenters. The summed E-state index contributed by atoms with van der Waals surface area (Å²) in [6, 6.07) is 8.40. The summed E-state index contributed by atoms with van der Waals surface area (Å²) in [5.74, 6) is -0.302. The van der Waals surface area contributed by atoms with E-state index < -0.39 is 16.0 Å². The second kappa shape index (κ2) is 7.40. The molecule has 0 fully saturated rings. The highest BCUT2D eigenvalue weighted by Crippen LogP contribution is 2.25. The average molecular weight is 390 g/mol. The van der Waals surface area contributed by atoms with Crippen molar-refractivity contribution in [3.8, 4) is 5.75 Å². The van der Waals surface area contributed by atoms with Gasteiger partial charge in [0.2, 0.25) is 10.0 Å². The Morgan fingerprint density at radius 3 is 2.50 bits per heavy atom. The molecule has 2 N–H and O–H groups in total. The van der Waals surface area contributed by atoms with Crippen molar-refractivity contribution in [2.24, 2.45) is 5.14 Å². The molecule has 0 bridgehead atoms. The van der Waals surface area contributed by atoms with E-state index in [2.05, 4.69) is 0 Å². The SMILES string of the molecule is COc1ccc(Cl)cc1COC(=O)c1cc(S(N)(=O)=O)ccc1Cl. The van der Waals surface area contributed by atoms with Crippen molar-refractivity contribution in [2.75, 3.05) is 7.11 Å². The number of esters is 1. The van der Waals surface area contributed by atoms with Crippen molar-refractivity contribution in [1.82, 2.24) is 0 Å². The third kappa shape index (κ3) is 4.39. The summed E-state index contributed by atoms with van der Waals surface area (Å²) < 4.78 is 33.1. The molecule has 6 nitrogen and oxygen atoms in total. The van der Waals surface area contributed by atoms with Gasteiger partial charge < -0.3 is 9.47 Å². The maximum atomic E-state index is 12.2. The molecule has 9 heteroatoms. The number of ether oxygens (including phenoxy) is 2. The summed E-state index contributed by atoms with van der Waals surface area (Å²) in [5, 5.41) is 5.54. The van der Waals surface area contributed by atoms with Crippen LogP contribution in [-0.2, 0) is 21.4 Å². The van der Waals surface area contributed by atoms with Gasteiger partial charge in [-0.25, -0.2) is 18.4 Å². The lowest BCUT2D eigenvalue weighted by molar-refractivity contribution is 0.0470. The van der Waals surface area contributed by atoms with E-state index in [0.29, 0.717) is 16.3 Å². The maximum Gasteiger partial charge on any atom is 0.340 e. The third-order valence-electron chi connectivity index (χ3n) is 3.09. The fraction of sp³-hybridized carbons (Fsp3) is 0.133. The number of methoxy groups -OCH3 is 1. The van der Waals surface area contributed by atoms with Crippen molar-refractivity contribution in [3.05, 3.63) is 57.6 Å². The minimum Gasteiger partial charge on any atom is -0.496 e. The molecule has 0 saturated carbocycles. The molecule has 2 aromatic rings. The van der Waals surface area contributed by atoms with Crippen LogP contribution in [0.5, 0.6) is 5.75 Å². The number of hydrogen-bond acceptors (Lipinski definition) is 5. The monoisotopic (exact) mass is 389 g/mol. The van der Waals surface area contributed by atoms with Gasteiger partial charge in [0.05, 0.1) is 22.6 Å². The Morgan fingerprint density at radius 1 is 1.17 bits per heavy atom. The highest BCUT2D eigenvalue weighted by Gasteiger charge is 2.17. The second-order valence-corrected chi connectivity index (χ2v) is 7.12. The summed E-state index contributed by atoms with van der Waals surface area (Å²) in [4.78, 5) is 11.9. The zero-order chi connectivity index (χ0) is 17.9. The van der Waals surface area contributed by atoms with Crippen LogP contribution >= 0.6 is 23.2 Å². The Balaban J connectivity index is 2.24. The predicted molar refractivity (Wildman–Crippen MR) is 89.9 cm³/mol. The van der Waals surface area contributed by atoms with Crippen molar-refractivity contribution >= 4 is 39.2 Å². The van der Waals surface area contributed by atoms with E-state index in [4.69, 9.17) is 37.8 Å². The van der Waals surface area contributed by atoms with Gasteiger partial charge in [-0.2, -0.15) is 0 Å². The van der Waals surface area contributed by atoms with E-state index in [1.807, 2.05) is 0 Å². The minimum atomic E-state index is -3.96. The zero-order valence-electron chi connectivity index (χ0n) is 12.5. The predicted octanol–water partition coefficient (Wildman–Crippen LogP) is 3.01. The van der Waals surface area contributed by atoms with Gasteiger partial charge in [0.1, 0.15) is 12.4 Å². The molecule has 0 spiro atoms. The molecule has 0 aliphatic carbocycles. The van der Waals surface area contributed by atoms with Crippen LogP contribution in [0.4, 0.5) is 0 Å². The van der Waals surface area contributed by atoms with Crippen LogP contribution in [0.2, 0.25) is 10.0 Å². The summed E-state index contributed by atoms with van der Waals surface area (Å²) in [6.45, 7) is -0.126. The zero-order valence-corrected chi connectivity index (χ0v) is 14.8. The standard InChI is InChI=1S/C15H13Cl2NO5S/c1-22-14-5-2-10(16)6-9(14)8-23-15(19)12-7-11(24(18,20)21)3-4-13(12)17/h2-7H,8H2,1H3,(H2,18,20,21). The summed E-state index contributed by atoms with van der Waals surface area (Å²) >= 11 is 11.8. The molecule has 0 aliphatic rings. The topological polar surface area (TPSA) is 95.7 Å². The number of carbonyl (C=O) groups excluding carboxylic acids is 1. The van der Waals surface area contributed by atoms with Gasteiger partial charge in [-0.1, -0.05) is 23.2 Å². The quantitative estimate of drug-likeness (QED) is 0.792. The number of primary sulfonamides is 1. The van der Waals surface area contributed by atoms with Crippen LogP contribution in [0.15, 0.2) is 41.3 Å². The van der Waals surface area contributed by atoms with Gasteiger partial charge >= 0.3 is 5.97 Å². The Kier molecular flexibility index (Phi) is 5.71. The molecule has 0 saturated heterocycles. The van der Waals surface area contributed by atoms with Crippen LogP contribution in [0.3, 0.4) is 0 Å². The first-order valence-corrected chi connectivity index (χ1v) is 8.84. The molecule has 0 aliphatic heterocycles. The summed E-state index contributed by atoms with van der Waals surface area (Å²) in [7, 11) is -2.49. The van der Waals surface area contributed by atoms with Crippen LogP contribution in [0, 0.1) is 0 Å². The third-order valence-corrected chi connectivity index (χ3v) is 4.56. The molecule has 2 rings (SSSR count). The lowest BCUT2D eigenvalue weighted by Gasteiger charge is -2.11. The number of benzene rings is 2. The number of hydrogen-bond donors (Lipinski definition) is 1. The van der Waals surface area contributed by atoms with Gasteiger partial charge in [0.25, 0.3) is 0 Å². The number of rotatable bonds is 5. The fourth-order valence-corrected chi connectivity index (χ4v) is 2.85. The lowest BCUT2D eigenvalue weighted by Crippen LogP contribution is -2.14. The Morgan fingerprint density at radius 2 is 1.88 bits per heavy atom. The van der Waals surface area contributed by atoms with Crippen LogP contribution in [0.1, 0.15) is 15.9 Å². The summed E-state index contributed by atoms with van der Waals surface area (Å²) in [6.07, 6.45) is 0. The van der Waals surface area contributed by atoms with Crippen molar-refractivity contribution in [3.63, 3.8) is 0 Å². The largest absolute Gasteiger partial charge is 0.496 e. The van der Waals surface area contributed by atoms with E-state index in [1.54, 1.807) is 18.2 Å². The Bertz CT molecular complexity index is 883. The first-order chi connectivity index (χ1) is 11.2. The number of sulfonamides is 1. The van der Waals surface area contributed by atoms with E-state index in [0.717, 1.165) is 6.07 Å². The van der Waals surface area contributed by atoms with Gasteiger partial charge in [-0.15, -0.1) is 0 Å². The van der Waals surface area contributed by atoms with Gasteiger partial charge in [-0.3, -0.25) is 0 Å². The smallest absolute Gasteiger partial charge is 0.340 e. The molecule has 2 aromatic carbocycles. The molecular formula is C15H13Cl2NO5S. The van der Waals surface area contributed by atoms with Crippen molar-refractivity contribution in [2.45, 2.75) is 11.5 Å². The Labute approximate surface area is 149 Å². The molecular weight excluding hydrogens is 377 g/mol. The number of halogens is 2. The average Bonchev–Trinajstić information content (AvgIpc) is 2.52. The van der Waals surface area contributed by atoms with Gasteiger partial charge in [-0.05, 0) is 36.4 Å². The van der Waals surface area contributed by atoms with E-state index in [9.17, 15) is 13.2 Å². The normalized spacial score (nSPS) is 11.2. The highest BCUT2D eigenvalue weighted by molar-refractivity contribution is 7.89. The molecule has 0 aromatic heterocycles. The first-order valence-electron chi connectivity index (χ1n) is 6.54. The molecule has 0 unspecified atom stereocenters. The van der Waals surface area contributed by atoms with Crippen molar-refractivity contribution in [1.29, 1.82) is 0 Å². The molecule has 0 heterocycles. The van der Waals surface area contributed by atoms with Gasteiger partial charge in [0.15, 0.2) is 0 Å². The molecule has 0 radical (unpaired) electrons. The summed E-state index contributed by atoms with van der Waals surface area (Å²) in [5.41, 5.74) is 0.446. The number of carbonyl (C=O) groups is 1. The van der Waals surface area contributed by atoms with Crippen molar-refractivity contribution < 1.29 is 22.7 Å². The van der Waals surface area contributed by atoms with Crippen LogP contribution < -0.4 is 9.88 Å². The minimum absolute atomic E-state index is 0.0467.